The number of esters is 1. The van der Waals surface area contributed by atoms with Crippen LogP contribution in [-0.2, 0) is 16.0 Å². The Morgan fingerprint density at radius 3 is 2.86 bits per heavy atom. The van der Waals surface area contributed by atoms with Gasteiger partial charge in [0.2, 0.25) is 0 Å². The average Bonchev–Trinajstić information content (AvgIpc) is 2.44. The number of nitrogens with two attached hydrogens (primary N) is 1. The van der Waals surface area contributed by atoms with E-state index >= 15 is 0 Å². The van der Waals surface area contributed by atoms with Crippen LogP contribution in [0.4, 0.5) is 0 Å². The summed E-state index contributed by atoms with van der Waals surface area (Å²) in [6, 6.07) is 7.77. The quantitative estimate of drug-likeness (QED) is 0.678. The highest BCUT2D eigenvalue weighted by Crippen LogP contribution is 2.31. The Kier molecular flexibility index (Phi) is 2.25. The van der Waals surface area contributed by atoms with Gasteiger partial charge in [0.05, 0.1) is 6.04 Å². The number of carbonyl (C=O) groups is 1. The van der Waals surface area contributed by atoms with Crippen LogP contribution >= 0.6 is 0 Å². The van der Waals surface area contributed by atoms with Crippen LogP contribution in [0.3, 0.4) is 0 Å². The molecule has 3 nitrogen and oxygen atoms in total. The first-order chi connectivity index (χ1) is 6.68. The zero-order valence-corrected chi connectivity index (χ0v) is 8.07. The Morgan fingerprint density at radius 2 is 2.21 bits per heavy atom. The van der Waals surface area contributed by atoms with Crippen molar-refractivity contribution < 1.29 is 9.53 Å². The minimum absolute atomic E-state index is 0.171. The van der Waals surface area contributed by atoms with E-state index in [0.717, 1.165) is 12.0 Å². The van der Waals surface area contributed by atoms with Crippen molar-refractivity contribution >= 4 is 5.97 Å². The number of hydrogen-bond acceptors (Lipinski definition) is 3. The third-order valence-corrected chi connectivity index (χ3v) is 2.55. The lowest BCUT2D eigenvalue weighted by atomic mass is 10.1. The maximum Gasteiger partial charge on any atom is 0.302 e. The highest BCUT2D eigenvalue weighted by molar-refractivity contribution is 5.66. The highest BCUT2D eigenvalue weighted by atomic mass is 16.5. The zero-order chi connectivity index (χ0) is 10.1. The summed E-state index contributed by atoms with van der Waals surface area (Å²) in [6.45, 7) is 1.41. The lowest BCUT2D eigenvalue weighted by Crippen LogP contribution is -2.26. The summed E-state index contributed by atoms with van der Waals surface area (Å²) in [5, 5.41) is 0. The molecule has 0 saturated carbocycles. The Labute approximate surface area is 82.9 Å². The molecule has 0 radical (unpaired) electrons. The minimum Gasteiger partial charge on any atom is -0.460 e. The maximum atomic E-state index is 10.8. The fourth-order valence-corrected chi connectivity index (χ4v) is 1.92. The van der Waals surface area contributed by atoms with Gasteiger partial charge >= 0.3 is 5.97 Å². The summed E-state index contributed by atoms with van der Waals surface area (Å²) < 4.78 is 5.14. The van der Waals surface area contributed by atoms with Crippen LogP contribution in [0.1, 0.15) is 24.1 Å². The third-order valence-electron chi connectivity index (χ3n) is 2.55. The van der Waals surface area contributed by atoms with Gasteiger partial charge in [-0.15, -0.1) is 0 Å². The molecule has 0 fully saturated rings. The predicted molar refractivity (Wildman–Crippen MR) is 52.6 cm³/mol. The second-order valence-electron chi connectivity index (χ2n) is 3.58. The second kappa shape index (κ2) is 3.42. The molecule has 0 amide bonds. The lowest BCUT2D eigenvalue weighted by molar-refractivity contribution is -0.146. The van der Waals surface area contributed by atoms with E-state index < -0.39 is 0 Å². The van der Waals surface area contributed by atoms with Gasteiger partial charge in [0.15, 0.2) is 0 Å². The Morgan fingerprint density at radius 1 is 1.50 bits per heavy atom. The molecule has 0 saturated heterocycles. The van der Waals surface area contributed by atoms with E-state index in [9.17, 15) is 4.79 Å². The number of ether oxygens (including phenoxy) is 1. The van der Waals surface area contributed by atoms with Gasteiger partial charge in [0, 0.05) is 13.3 Å². The van der Waals surface area contributed by atoms with Crippen molar-refractivity contribution in [1.29, 1.82) is 0 Å². The van der Waals surface area contributed by atoms with Crippen molar-refractivity contribution in [3.8, 4) is 0 Å². The minimum atomic E-state index is -0.266. The summed E-state index contributed by atoms with van der Waals surface area (Å²) in [5.41, 5.74) is 8.24. The van der Waals surface area contributed by atoms with Crippen molar-refractivity contribution in [2.75, 3.05) is 0 Å². The zero-order valence-electron chi connectivity index (χ0n) is 8.07. The highest BCUT2D eigenvalue weighted by Gasteiger charge is 2.31. The summed E-state index contributed by atoms with van der Waals surface area (Å²) in [4.78, 5) is 10.8. The predicted octanol–water partition coefficient (Wildman–Crippen LogP) is 1.17. The third kappa shape index (κ3) is 1.51. The monoisotopic (exact) mass is 191 g/mol. The molecule has 1 unspecified atom stereocenters. The van der Waals surface area contributed by atoms with Gasteiger partial charge < -0.3 is 10.5 Å². The molecular weight excluding hydrogens is 178 g/mol. The molecule has 0 aliphatic heterocycles. The van der Waals surface area contributed by atoms with Gasteiger partial charge in [-0.25, -0.2) is 0 Å². The summed E-state index contributed by atoms with van der Waals surface area (Å²) in [5.74, 6) is -0.266. The molecule has 1 aliphatic rings. The van der Waals surface area contributed by atoms with Crippen LogP contribution in [0, 0.1) is 0 Å². The number of hydrogen-bond donors (Lipinski definition) is 1. The van der Waals surface area contributed by atoms with Gasteiger partial charge in [-0.1, -0.05) is 24.3 Å². The SMILES string of the molecule is CC(=O)O[C@@H]1Cc2ccccc2C1N. The van der Waals surface area contributed by atoms with E-state index in [4.69, 9.17) is 10.5 Å². The van der Waals surface area contributed by atoms with Gasteiger partial charge in [-0.3, -0.25) is 4.79 Å². The molecule has 14 heavy (non-hydrogen) atoms. The number of fused-ring (bicyclic) bond motifs is 1. The van der Waals surface area contributed by atoms with Gasteiger partial charge in [0.25, 0.3) is 0 Å². The average molecular weight is 191 g/mol. The fraction of sp³-hybridized carbons (Fsp3) is 0.364. The van der Waals surface area contributed by atoms with Crippen molar-refractivity contribution in [3.63, 3.8) is 0 Å². The Hall–Kier alpha value is -1.35. The maximum absolute atomic E-state index is 10.8. The van der Waals surface area contributed by atoms with E-state index in [1.54, 1.807) is 0 Å². The molecule has 2 atom stereocenters. The molecule has 3 heteroatoms. The number of carbonyl (C=O) groups excluding carboxylic acids is 1. The fourth-order valence-electron chi connectivity index (χ4n) is 1.92. The van der Waals surface area contributed by atoms with Gasteiger partial charge in [-0.05, 0) is 11.1 Å². The smallest absolute Gasteiger partial charge is 0.302 e. The van der Waals surface area contributed by atoms with Crippen molar-refractivity contribution in [2.24, 2.45) is 5.73 Å². The lowest BCUT2D eigenvalue weighted by Gasteiger charge is -2.15. The molecule has 1 aromatic carbocycles. The molecule has 1 aromatic rings. The van der Waals surface area contributed by atoms with Crippen LogP contribution in [0.2, 0.25) is 0 Å². The van der Waals surface area contributed by atoms with E-state index in [2.05, 4.69) is 0 Å². The molecule has 74 valence electrons. The summed E-state index contributed by atoms with van der Waals surface area (Å²) in [7, 11) is 0. The molecular formula is C11H13NO2. The molecule has 0 bridgehead atoms. The first-order valence-corrected chi connectivity index (χ1v) is 4.69. The van der Waals surface area contributed by atoms with E-state index in [1.165, 1.54) is 12.5 Å². The largest absolute Gasteiger partial charge is 0.460 e. The van der Waals surface area contributed by atoms with E-state index in [1.807, 2.05) is 24.3 Å². The van der Waals surface area contributed by atoms with Gasteiger partial charge in [-0.2, -0.15) is 0 Å². The van der Waals surface area contributed by atoms with Crippen molar-refractivity contribution in [2.45, 2.75) is 25.5 Å². The molecule has 0 spiro atoms. The van der Waals surface area contributed by atoms with Crippen molar-refractivity contribution in [1.82, 2.24) is 0 Å². The number of rotatable bonds is 1. The normalized spacial score (nSPS) is 24.4. The van der Waals surface area contributed by atoms with Crippen LogP contribution < -0.4 is 5.73 Å². The molecule has 2 rings (SSSR count). The molecule has 1 aliphatic carbocycles. The number of benzene rings is 1. The van der Waals surface area contributed by atoms with Gasteiger partial charge in [0.1, 0.15) is 6.10 Å². The second-order valence-corrected chi connectivity index (χ2v) is 3.58. The van der Waals surface area contributed by atoms with Crippen LogP contribution in [0.15, 0.2) is 24.3 Å². The summed E-state index contributed by atoms with van der Waals surface area (Å²) >= 11 is 0. The molecule has 2 N–H and O–H groups in total. The van der Waals surface area contributed by atoms with Crippen molar-refractivity contribution in [3.05, 3.63) is 35.4 Å². The topological polar surface area (TPSA) is 52.3 Å². The van der Waals surface area contributed by atoms with Crippen LogP contribution in [0.5, 0.6) is 0 Å². The van der Waals surface area contributed by atoms with Crippen LogP contribution in [-0.4, -0.2) is 12.1 Å². The standard InChI is InChI=1S/C11H13NO2/c1-7(13)14-10-6-8-4-2-3-5-9(8)11(10)12/h2-5,10-11H,6,12H2,1H3/t10-,11?/m1/s1. The molecule has 0 heterocycles. The van der Waals surface area contributed by atoms with E-state index in [-0.39, 0.29) is 18.1 Å². The Balaban J connectivity index is 2.21. The first kappa shape index (κ1) is 9.21. The molecule has 0 aromatic heterocycles. The van der Waals surface area contributed by atoms with Crippen LogP contribution in [0.25, 0.3) is 0 Å². The first-order valence-electron chi connectivity index (χ1n) is 4.69. The summed E-state index contributed by atoms with van der Waals surface area (Å²) in [6.07, 6.45) is 0.543. The Bertz CT molecular complexity index is 362. The van der Waals surface area contributed by atoms with E-state index in [0.29, 0.717) is 0 Å².